The monoisotopic (exact) mass is 267 g/mol. The zero-order valence-corrected chi connectivity index (χ0v) is 10.3. The zero-order chi connectivity index (χ0) is 11.6. The second-order valence-corrected chi connectivity index (χ2v) is 3.98. The summed E-state index contributed by atoms with van der Waals surface area (Å²) >= 11 is 17.4. The predicted molar refractivity (Wildman–Crippen MR) is 60.6 cm³/mol. The molecular formula is C9H8Cl3NO2. The number of carbonyl (C=O) groups is 1. The Hall–Kier alpha value is -0.480. The van der Waals surface area contributed by atoms with Crippen LogP contribution in [0.15, 0.2) is 12.1 Å². The van der Waals surface area contributed by atoms with Gasteiger partial charge in [-0.05, 0) is 12.1 Å². The summed E-state index contributed by atoms with van der Waals surface area (Å²) in [6.45, 7) is 0. The number of amides is 1. The minimum Gasteiger partial charge on any atom is -0.274 e. The Labute approximate surface area is 102 Å². The number of benzene rings is 1. The van der Waals surface area contributed by atoms with Crippen LogP contribution in [0.4, 0.5) is 0 Å². The van der Waals surface area contributed by atoms with Crippen LogP contribution in [0.25, 0.3) is 0 Å². The second-order valence-electron chi connectivity index (χ2n) is 2.73. The zero-order valence-electron chi connectivity index (χ0n) is 8.05. The van der Waals surface area contributed by atoms with Crippen molar-refractivity contribution in [2.75, 3.05) is 14.2 Å². The molecule has 1 amide bonds. The van der Waals surface area contributed by atoms with Crippen LogP contribution in [0.3, 0.4) is 0 Å². The van der Waals surface area contributed by atoms with Crippen molar-refractivity contribution in [3.05, 3.63) is 32.8 Å². The normalized spacial score (nSPS) is 10.2. The first kappa shape index (κ1) is 12.6. The molecule has 15 heavy (non-hydrogen) atoms. The van der Waals surface area contributed by atoms with Gasteiger partial charge < -0.3 is 0 Å². The van der Waals surface area contributed by atoms with Crippen LogP contribution in [-0.2, 0) is 4.84 Å². The molecule has 6 heteroatoms. The Morgan fingerprint density at radius 1 is 1.27 bits per heavy atom. The lowest BCUT2D eigenvalue weighted by atomic mass is 10.2. The molecule has 0 bridgehead atoms. The van der Waals surface area contributed by atoms with E-state index >= 15 is 0 Å². The Morgan fingerprint density at radius 2 is 1.73 bits per heavy atom. The van der Waals surface area contributed by atoms with Crippen LogP contribution in [0.1, 0.15) is 10.4 Å². The number of rotatable bonds is 2. The first-order valence-corrected chi connectivity index (χ1v) is 5.07. The van der Waals surface area contributed by atoms with E-state index in [1.807, 2.05) is 0 Å². The average Bonchev–Trinajstić information content (AvgIpc) is 2.14. The van der Waals surface area contributed by atoms with Crippen molar-refractivity contribution in [1.82, 2.24) is 5.06 Å². The van der Waals surface area contributed by atoms with Gasteiger partial charge in [0.05, 0.1) is 22.7 Å². The fraction of sp³-hybridized carbons (Fsp3) is 0.222. The lowest BCUT2D eigenvalue weighted by Gasteiger charge is -2.15. The highest BCUT2D eigenvalue weighted by Crippen LogP contribution is 2.29. The van der Waals surface area contributed by atoms with E-state index < -0.39 is 5.91 Å². The van der Waals surface area contributed by atoms with Crippen LogP contribution in [0.2, 0.25) is 15.1 Å². The summed E-state index contributed by atoms with van der Waals surface area (Å²) in [5.41, 5.74) is 0.173. The highest BCUT2D eigenvalue weighted by Gasteiger charge is 2.19. The average molecular weight is 269 g/mol. The van der Waals surface area contributed by atoms with Gasteiger partial charge in [-0.2, -0.15) is 0 Å². The van der Waals surface area contributed by atoms with Crippen molar-refractivity contribution in [3.63, 3.8) is 0 Å². The number of hydrogen-bond acceptors (Lipinski definition) is 2. The van der Waals surface area contributed by atoms with E-state index in [-0.39, 0.29) is 15.6 Å². The molecule has 0 N–H and O–H groups in total. The van der Waals surface area contributed by atoms with Crippen molar-refractivity contribution in [1.29, 1.82) is 0 Å². The molecular weight excluding hydrogens is 260 g/mol. The molecule has 0 radical (unpaired) electrons. The summed E-state index contributed by atoms with van der Waals surface area (Å²) in [6.07, 6.45) is 0. The number of nitrogens with zero attached hydrogens (tertiary/aromatic N) is 1. The molecule has 0 aromatic heterocycles. The lowest BCUT2D eigenvalue weighted by Crippen LogP contribution is -2.25. The third-order valence-electron chi connectivity index (χ3n) is 1.78. The van der Waals surface area contributed by atoms with Crippen molar-refractivity contribution in [3.8, 4) is 0 Å². The Balaban J connectivity index is 3.20. The number of hydroxylamine groups is 2. The molecule has 3 nitrogen and oxygen atoms in total. The summed E-state index contributed by atoms with van der Waals surface area (Å²) in [5.74, 6) is -0.427. The van der Waals surface area contributed by atoms with Crippen LogP contribution in [0, 0.1) is 0 Å². The molecule has 0 spiro atoms. The highest BCUT2D eigenvalue weighted by molar-refractivity contribution is 6.42. The van der Waals surface area contributed by atoms with Crippen molar-refractivity contribution in [2.24, 2.45) is 0 Å². The molecule has 0 heterocycles. The predicted octanol–water partition coefficient (Wildman–Crippen LogP) is 3.28. The van der Waals surface area contributed by atoms with Crippen molar-refractivity contribution >= 4 is 40.7 Å². The van der Waals surface area contributed by atoms with Crippen molar-refractivity contribution in [2.45, 2.75) is 0 Å². The van der Waals surface area contributed by atoms with E-state index in [0.717, 1.165) is 5.06 Å². The van der Waals surface area contributed by atoms with Crippen molar-refractivity contribution < 1.29 is 9.63 Å². The minimum atomic E-state index is -0.427. The van der Waals surface area contributed by atoms with Gasteiger partial charge >= 0.3 is 0 Å². The molecule has 0 saturated carbocycles. The summed E-state index contributed by atoms with van der Waals surface area (Å²) in [7, 11) is 2.83. The third kappa shape index (κ3) is 2.75. The summed E-state index contributed by atoms with van der Waals surface area (Å²) < 4.78 is 0. The van der Waals surface area contributed by atoms with E-state index in [4.69, 9.17) is 39.6 Å². The van der Waals surface area contributed by atoms with Gasteiger partial charge in [-0.1, -0.05) is 34.8 Å². The number of halogens is 3. The van der Waals surface area contributed by atoms with Crippen LogP contribution in [0.5, 0.6) is 0 Å². The highest BCUT2D eigenvalue weighted by atomic mass is 35.5. The SMILES string of the molecule is CON(C)C(=O)c1c(Cl)cc(Cl)cc1Cl. The van der Waals surface area contributed by atoms with Gasteiger partial charge in [-0.25, -0.2) is 5.06 Å². The van der Waals surface area contributed by atoms with Crippen LogP contribution < -0.4 is 0 Å². The molecule has 1 aromatic rings. The first-order chi connectivity index (χ1) is 6.97. The molecule has 1 rings (SSSR count). The standard InChI is InChI=1S/C9H8Cl3NO2/c1-13(15-2)9(14)8-6(11)3-5(10)4-7(8)12/h3-4H,1-2H3. The first-order valence-electron chi connectivity index (χ1n) is 3.94. The maximum atomic E-state index is 11.7. The molecule has 0 aliphatic rings. The van der Waals surface area contributed by atoms with Gasteiger partial charge in [0.25, 0.3) is 5.91 Å². The molecule has 0 aliphatic carbocycles. The van der Waals surface area contributed by atoms with Crippen LogP contribution >= 0.6 is 34.8 Å². The number of hydrogen-bond donors (Lipinski definition) is 0. The number of carbonyl (C=O) groups excluding carboxylic acids is 1. The Kier molecular flexibility index (Phi) is 4.22. The van der Waals surface area contributed by atoms with Gasteiger partial charge in [-0.15, -0.1) is 0 Å². The van der Waals surface area contributed by atoms with Gasteiger partial charge in [0.2, 0.25) is 0 Å². The van der Waals surface area contributed by atoms with Gasteiger partial charge in [0, 0.05) is 12.1 Å². The van der Waals surface area contributed by atoms with Gasteiger partial charge in [0.1, 0.15) is 0 Å². The van der Waals surface area contributed by atoms with E-state index in [0.29, 0.717) is 5.02 Å². The maximum absolute atomic E-state index is 11.7. The molecule has 0 aliphatic heterocycles. The van der Waals surface area contributed by atoms with E-state index in [1.165, 1.54) is 26.3 Å². The third-order valence-corrected chi connectivity index (χ3v) is 2.60. The van der Waals surface area contributed by atoms with Gasteiger partial charge in [-0.3, -0.25) is 9.63 Å². The molecule has 0 saturated heterocycles. The quantitative estimate of drug-likeness (QED) is 0.770. The molecule has 0 atom stereocenters. The summed E-state index contributed by atoms with van der Waals surface area (Å²) in [6, 6.07) is 2.90. The van der Waals surface area contributed by atoms with Crippen LogP contribution in [-0.4, -0.2) is 25.1 Å². The molecule has 1 aromatic carbocycles. The topological polar surface area (TPSA) is 29.5 Å². The fourth-order valence-corrected chi connectivity index (χ4v) is 1.97. The van der Waals surface area contributed by atoms with E-state index in [2.05, 4.69) is 0 Å². The molecule has 82 valence electrons. The molecule has 0 fully saturated rings. The maximum Gasteiger partial charge on any atom is 0.280 e. The van der Waals surface area contributed by atoms with E-state index in [1.54, 1.807) is 0 Å². The molecule has 0 unspecified atom stereocenters. The summed E-state index contributed by atoms with van der Waals surface area (Å²) in [4.78, 5) is 16.5. The lowest BCUT2D eigenvalue weighted by molar-refractivity contribution is -0.0756. The second kappa shape index (κ2) is 5.03. The minimum absolute atomic E-state index is 0.173. The Bertz CT molecular complexity index is 372. The smallest absolute Gasteiger partial charge is 0.274 e. The largest absolute Gasteiger partial charge is 0.280 e. The fourth-order valence-electron chi connectivity index (χ4n) is 0.987. The van der Waals surface area contributed by atoms with E-state index in [9.17, 15) is 4.79 Å². The summed E-state index contributed by atoms with van der Waals surface area (Å²) in [5, 5.41) is 1.80. The Morgan fingerprint density at radius 3 is 2.13 bits per heavy atom. The van der Waals surface area contributed by atoms with Gasteiger partial charge in [0.15, 0.2) is 0 Å².